The first kappa shape index (κ1) is 15.9. The third-order valence-electron chi connectivity index (χ3n) is 3.97. The van der Waals surface area contributed by atoms with Crippen LogP contribution in [0.1, 0.15) is 58.3 Å². The van der Waals surface area contributed by atoms with Crippen LogP contribution in [-0.2, 0) is 14.3 Å². The Hall–Kier alpha value is -1.43. The van der Waals surface area contributed by atoms with Crippen LogP contribution >= 0.6 is 0 Å². The summed E-state index contributed by atoms with van der Waals surface area (Å²) in [6, 6.07) is 0.306. The molecule has 2 N–H and O–H groups in total. The number of hydrogen-bond donors (Lipinski definition) is 2. The molecule has 6 nitrogen and oxygen atoms in total. The van der Waals surface area contributed by atoms with E-state index in [1.54, 1.807) is 6.92 Å². The molecule has 0 aromatic rings. The van der Waals surface area contributed by atoms with E-state index in [0.29, 0.717) is 18.4 Å². The molecule has 0 bridgehead atoms. The van der Waals surface area contributed by atoms with Gasteiger partial charge in [0.15, 0.2) is 0 Å². The third kappa shape index (κ3) is 5.46. The van der Waals surface area contributed by atoms with Gasteiger partial charge in [0.2, 0.25) is 5.91 Å². The van der Waals surface area contributed by atoms with E-state index >= 15 is 0 Å². The number of amides is 2. The van der Waals surface area contributed by atoms with Gasteiger partial charge in [-0.15, -0.1) is 0 Å². The maximum atomic E-state index is 11.9. The largest absolute Gasteiger partial charge is 0.368 e. The molecule has 1 atom stereocenters. The van der Waals surface area contributed by atoms with Gasteiger partial charge in [-0.05, 0) is 32.6 Å². The summed E-state index contributed by atoms with van der Waals surface area (Å²) < 4.78 is 5.27. The van der Waals surface area contributed by atoms with Crippen LogP contribution in [0.2, 0.25) is 0 Å². The number of rotatable bonds is 5. The first-order chi connectivity index (χ1) is 10.1. The molecule has 6 heteroatoms. The van der Waals surface area contributed by atoms with Gasteiger partial charge in [-0.1, -0.05) is 19.3 Å². The summed E-state index contributed by atoms with van der Waals surface area (Å²) >= 11 is 0. The molecule has 0 spiro atoms. The van der Waals surface area contributed by atoms with Crippen molar-refractivity contribution in [2.45, 2.75) is 70.4 Å². The van der Waals surface area contributed by atoms with Crippen molar-refractivity contribution in [2.75, 3.05) is 6.61 Å². The Morgan fingerprint density at radius 1 is 1.14 bits per heavy atom. The predicted molar refractivity (Wildman–Crippen MR) is 79.9 cm³/mol. The quantitative estimate of drug-likeness (QED) is 0.596. The van der Waals surface area contributed by atoms with E-state index < -0.39 is 6.10 Å². The Kier molecular flexibility index (Phi) is 6.17. The van der Waals surface area contributed by atoms with Crippen molar-refractivity contribution in [2.24, 2.45) is 5.10 Å². The highest BCUT2D eigenvalue weighted by molar-refractivity contribution is 6.00. The lowest BCUT2D eigenvalue weighted by atomic mass is 9.95. The van der Waals surface area contributed by atoms with Crippen molar-refractivity contribution in [3.63, 3.8) is 0 Å². The molecule has 1 saturated heterocycles. The zero-order chi connectivity index (χ0) is 15.1. The minimum absolute atomic E-state index is 0.0190. The van der Waals surface area contributed by atoms with Gasteiger partial charge in [0.25, 0.3) is 5.91 Å². The standard InChI is InChI=1S/C15H25N3O3/c1-11(17-18-15(20)13-8-5-9-21-13)10-14(19)16-12-6-3-2-4-7-12/h12-13H,2-10H2,1H3,(H,16,19)(H,18,20)/b17-11-/t13-/m0/s1. The molecule has 0 unspecified atom stereocenters. The SMILES string of the molecule is C/C(CC(=O)NC1CCCCC1)=N/NC(=O)[C@@H]1CCCO1. The second-order valence-electron chi connectivity index (χ2n) is 5.90. The highest BCUT2D eigenvalue weighted by Gasteiger charge is 2.23. The van der Waals surface area contributed by atoms with Crippen molar-refractivity contribution < 1.29 is 14.3 Å². The van der Waals surface area contributed by atoms with Crippen LogP contribution in [0, 0.1) is 0 Å². The van der Waals surface area contributed by atoms with E-state index in [1.807, 2.05) is 0 Å². The fourth-order valence-electron chi connectivity index (χ4n) is 2.80. The molecule has 0 aromatic heterocycles. The lowest BCUT2D eigenvalue weighted by Gasteiger charge is -2.22. The van der Waals surface area contributed by atoms with Gasteiger partial charge >= 0.3 is 0 Å². The number of carbonyl (C=O) groups is 2. The van der Waals surface area contributed by atoms with E-state index in [1.165, 1.54) is 19.3 Å². The minimum atomic E-state index is -0.391. The van der Waals surface area contributed by atoms with Gasteiger partial charge < -0.3 is 10.1 Å². The van der Waals surface area contributed by atoms with Crippen molar-refractivity contribution in [3.8, 4) is 0 Å². The van der Waals surface area contributed by atoms with Crippen LogP contribution in [0.25, 0.3) is 0 Å². The van der Waals surface area contributed by atoms with E-state index in [4.69, 9.17) is 4.74 Å². The van der Waals surface area contributed by atoms with E-state index in [9.17, 15) is 9.59 Å². The Bertz CT molecular complexity index is 397. The fourth-order valence-corrected chi connectivity index (χ4v) is 2.80. The maximum Gasteiger partial charge on any atom is 0.269 e. The number of hydrazone groups is 1. The summed E-state index contributed by atoms with van der Waals surface area (Å²) in [5.74, 6) is -0.242. The second-order valence-corrected chi connectivity index (χ2v) is 5.90. The van der Waals surface area contributed by atoms with Crippen LogP contribution < -0.4 is 10.7 Å². The number of nitrogens with one attached hydrogen (secondary N) is 2. The summed E-state index contributed by atoms with van der Waals surface area (Å²) in [4.78, 5) is 23.6. The van der Waals surface area contributed by atoms with E-state index in [0.717, 1.165) is 25.7 Å². The zero-order valence-electron chi connectivity index (χ0n) is 12.7. The molecule has 2 amide bonds. The van der Waals surface area contributed by atoms with Crippen LogP contribution in [0.5, 0.6) is 0 Å². The Balaban J connectivity index is 1.69. The molecule has 1 saturated carbocycles. The highest BCUT2D eigenvalue weighted by atomic mass is 16.5. The average Bonchev–Trinajstić information content (AvgIpc) is 3.00. The highest BCUT2D eigenvalue weighted by Crippen LogP contribution is 2.17. The summed E-state index contributed by atoms with van der Waals surface area (Å²) in [6.45, 7) is 2.38. The van der Waals surface area contributed by atoms with Gasteiger partial charge in [0.05, 0.1) is 6.42 Å². The van der Waals surface area contributed by atoms with E-state index in [-0.39, 0.29) is 18.2 Å². The molecular formula is C15H25N3O3. The van der Waals surface area contributed by atoms with Gasteiger partial charge in [-0.2, -0.15) is 5.10 Å². The Morgan fingerprint density at radius 3 is 2.57 bits per heavy atom. The number of ether oxygens (including phenoxy) is 1. The molecule has 1 aliphatic carbocycles. The summed E-state index contributed by atoms with van der Waals surface area (Å²) in [5, 5.41) is 7.01. The molecule has 1 aliphatic heterocycles. The van der Waals surface area contributed by atoms with Crippen molar-refractivity contribution >= 4 is 17.5 Å². The molecule has 0 aromatic carbocycles. The van der Waals surface area contributed by atoms with Crippen LogP contribution in [-0.4, -0.2) is 36.3 Å². The Labute approximate surface area is 125 Å². The smallest absolute Gasteiger partial charge is 0.269 e. The van der Waals surface area contributed by atoms with Crippen LogP contribution in [0.15, 0.2) is 5.10 Å². The van der Waals surface area contributed by atoms with Crippen molar-refractivity contribution in [3.05, 3.63) is 0 Å². The van der Waals surface area contributed by atoms with Crippen LogP contribution in [0.4, 0.5) is 0 Å². The monoisotopic (exact) mass is 295 g/mol. The van der Waals surface area contributed by atoms with E-state index in [2.05, 4.69) is 15.8 Å². The summed E-state index contributed by atoms with van der Waals surface area (Å²) in [5.41, 5.74) is 3.08. The summed E-state index contributed by atoms with van der Waals surface area (Å²) in [6.07, 6.45) is 7.26. The average molecular weight is 295 g/mol. The van der Waals surface area contributed by atoms with Crippen LogP contribution in [0.3, 0.4) is 0 Å². The molecular weight excluding hydrogens is 270 g/mol. The van der Waals surface area contributed by atoms with Crippen molar-refractivity contribution in [1.82, 2.24) is 10.7 Å². The molecule has 2 aliphatic rings. The maximum absolute atomic E-state index is 11.9. The molecule has 2 fully saturated rings. The molecule has 21 heavy (non-hydrogen) atoms. The third-order valence-corrected chi connectivity index (χ3v) is 3.97. The minimum Gasteiger partial charge on any atom is -0.368 e. The van der Waals surface area contributed by atoms with Crippen molar-refractivity contribution in [1.29, 1.82) is 0 Å². The van der Waals surface area contributed by atoms with Gasteiger partial charge in [0, 0.05) is 18.4 Å². The topological polar surface area (TPSA) is 79.8 Å². The first-order valence-corrected chi connectivity index (χ1v) is 7.89. The molecule has 1 heterocycles. The van der Waals surface area contributed by atoms with Gasteiger partial charge in [-0.3, -0.25) is 9.59 Å². The van der Waals surface area contributed by atoms with Gasteiger partial charge in [-0.25, -0.2) is 5.43 Å². The zero-order valence-corrected chi connectivity index (χ0v) is 12.7. The van der Waals surface area contributed by atoms with Gasteiger partial charge in [0.1, 0.15) is 6.10 Å². The second kappa shape index (κ2) is 8.12. The first-order valence-electron chi connectivity index (χ1n) is 7.89. The summed E-state index contributed by atoms with van der Waals surface area (Å²) in [7, 11) is 0. The Morgan fingerprint density at radius 2 is 1.90 bits per heavy atom. The fraction of sp³-hybridized carbons (Fsp3) is 0.800. The number of carbonyl (C=O) groups excluding carboxylic acids is 2. The lowest BCUT2D eigenvalue weighted by molar-refractivity contribution is -0.130. The normalized spacial score (nSPS) is 23.9. The number of nitrogens with zero attached hydrogens (tertiary/aromatic N) is 1. The molecule has 2 rings (SSSR count). The lowest BCUT2D eigenvalue weighted by Crippen LogP contribution is -2.37. The predicted octanol–water partition coefficient (Wildman–Crippen LogP) is 1.50. The number of hydrogen-bond acceptors (Lipinski definition) is 4. The molecule has 118 valence electrons. The molecule has 0 radical (unpaired) electrons.